The molecule has 0 spiro atoms. The molecule has 1 aliphatic heterocycles. The smallest absolute Gasteiger partial charge is 0.270 e. The lowest BCUT2D eigenvalue weighted by molar-refractivity contribution is -0.384. The maximum Gasteiger partial charge on any atom is 0.271 e. The lowest BCUT2D eigenvalue weighted by Gasteiger charge is -2.26. The van der Waals surface area contributed by atoms with Crippen LogP contribution in [0.25, 0.3) is 23.0 Å². The van der Waals surface area contributed by atoms with Crippen molar-refractivity contribution >= 4 is 23.6 Å². The molecule has 1 aliphatic rings. The predicted octanol–water partition coefficient (Wildman–Crippen LogP) is 4.23. The summed E-state index contributed by atoms with van der Waals surface area (Å²) < 4.78 is 1.60. The van der Waals surface area contributed by atoms with Crippen molar-refractivity contribution in [3.05, 3.63) is 106 Å². The van der Waals surface area contributed by atoms with Crippen LogP contribution >= 0.6 is 0 Å². The first-order chi connectivity index (χ1) is 16.8. The van der Waals surface area contributed by atoms with Crippen LogP contribution in [0, 0.1) is 21.4 Å². The number of amides is 2. The van der Waals surface area contributed by atoms with Crippen molar-refractivity contribution in [1.29, 1.82) is 5.26 Å². The molecule has 2 heterocycles. The fourth-order valence-corrected chi connectivity index (χ4v) is 3.78. The molecule has 9 nitrogen and oxygen atoms in total. The topological polar surface area (TPSA) is 122 Å². The Morgan fingerprint density at radius 3 is 2.54 bits per heavy atom. The maximum atomic E-state index is 13.2. The van der Waals surface area contributed by atoms with Crippen LogP contribution in [0.5, 0.6) is 0 Å². The standard InChI is InChI=1S/C26H19N5O4/c1-3-12-29-25(32)22(17(2)23(15-27)26(29)33)14-19-16-30(20-9-5-4-6-10-20)28-24(19)18-8-7-11-21(13-18)31(34)35/h3-11,13-14,16H,1,12H2,2H3/b22-14+. The number of imide groups is 1. The van der Waals surface area contributed by atoms with Gasteiger partial charge in [-0.15, -0.1) is 6.58 Å². The Hall–Kier alpha value is -5.10. The number of non-ortho nitro benzene ring substituents is 1. The zero-order valence-corrected chi connectivity index (χ0v) is 18.7. The Kier molecular flexibility index (Phi) is 6.20. The number of para-hydroxylation sites is 1. The number of hydrogen-bond acceptors (Lipinski definition) is 6. The van der Waals surface area contributed by atoms with Crippen molar-refractivity contribution < 1.29 is 14.5 Å². The van der Waals surface area contributed by atoms with Crippen LogP contribution in [-0.4, -0.2) is 38.0 Å². The summed E-state index contributed by atoms with van der Waals surface area (Å²) >= 11 is 0. The number of nitriles is 1. The summed E-state index contributed by atoms with van der Waals surface area (Å²) in [6.07, 6.45) is 4.65. The van der Waals surface area contributed by atoms with Crippen LogP contribution in [0.3, 0.4) is 0 Å². The van der Waals surface area contributed by atoms with Gasteiger partial charge in [0.1, 0.15) is 17.3 Å². The van der Waals surface area contributed by atoms with E-state index in [1.165, 1.54) is 18.2 Å². The lowest BCUT2D eigenvalue weighted by Crippen LogP contribution is -2.42. The van der Waals surface area contributed by atoms with Crippen molar-refractivity contribution in [1.82, 2.24) is 14.7 Å². The molecule has 0 bridgehead atoms. The average molecular weight is 465 g/mol. The monoisotopic (exact) mass is 465 g/mol. The molecule has 0 radical (unpaired) electrons. The van der Waals surface area contributed by atoms with Gasteiger partial charge in [-0.25, -0.2) is 4.68 Å². The maximum absolute atomic E-state index is 13.2. The second-order valence-electron chi connectivity index (χ2n) is 7.70. The minimum Gasteiger partial charge on any atom is -0.270 e. The van der Waals surface area contributed by atoms with Gasteiger partial charge < -0.3 is 0 Å². The van der Waals surface area contributed by atoms with E-state index in [1.807, 2.05) is 36.4 Å². The quantitative estimate of drug-likeness (QED) is 0.177. The molecule has 9 heteroatoms. The van der Waals surface area contributed by atoms with Gasteiger partial charge in [-0.1, -0.05) is 36.4 Å². The molecule has 2 aromatic carbocycles. The Bertz CT molecular complexity index is 1470. The molecule has 3 aromatic rings. The van der Waals surface area contributed by atoms with E-state index >= 15 is 0 Å². The Balaban J connectivity index is 1.95. The molecule has 0 N–H and O–H groups in total. The van der Waals surface area contributed by atoms with Gasteiger partial charge in [0, 0.05) is 41.6 Å². The molecule has 0 atom stereocenters. The summed E-state index contributed by atoms with van der Waals surface area (Å²) in [5.74, 6) is -1.24. The van der Waals surface area contributed by atoms with E-state index in [0.717, 1.165) is 10.6 Å². The van der Waals surface area contributed by atoms with Gasteiger partial charge in [-0.3, -0.25) is 24.6 Å². The number of nitrogens with zero attached hydrogens (tertiary/aromatic N) is 5. The van der Waals surface area contributed by atoms with E-state index in [-0.39, 0.29) is 29.0 Å². The summed E-state index contributed by atoms with van der Waals surface area (Å²) in [6, 6.07) is 17.2. The van der Waals surface area contributed by atoms with Crippen LogP contribution in [0.1, 0.15) is 12.5 Å². The normalized spacial score (nSPS) is 14.9. The third-order valence-corrected chi connectivity index (χ3v) is 5.53. The molecule has 172 valence electrons. The van der Waals surface area contributed by atoms with Gasteiger partial charge in [-0.2, -0.15) is 10.4 Å². The first kappa shape index (κ1) is 23.1. The number of nitro groups is 1. The van der Waals surface area contributed by atoms with Gasteiger partial charge in [0.25, 0.3) is 17.5 Å². The minimum atomic E-state index is -0.675. The summed E-state index contributed by atoms with van der Waals surface area (Å²) in [4.78, 5) is 37.6. The molecule has 2 amide bonds. The molecule has 0 saturated heterocycles. The highest BCUT2D eigenvalue weighted by Crippen LogP contribution is 2.32. The fraction of sp³-hybridized carbons (Fsp3) is 0.0769. The van der Waals surface area contributed by atoms with Crippen molar-refractivity contribution in [3.8, 4) is 23.0 Å². The first-order valence-corrected chi connectivity index (χ1v) is 10.6. The number of rotatable bonds is 6. The van der Waals surface area contributed by atoms with Crippen LogP contribution in [0.15, 0.2) is 90.2 Å². The van der Waals surface area contributed by atoms with Crippen LogP contribution in [0.2, 0.25) is 0 Å². The van der Waals surface area contributed by atoms with Crippen molar-refractivity contribution in [2.75, 3.05) is 6.54 Å². The molecule has 0 saturated carbocycles. The van der Waals surface area contributed by atoms with Crippen molar-refractivity contribution in [2.45, 2.75) is 6.92 Å². The van der Waals surface area contributed by atoms with Crippen LogP contribution < -0.4 is 0 Å². The molecule has 0 fully saturated rings. The number of aromatic nitrogens is 2. The van der Waals surface area contributed by atoms with Crippen molar-refractivity contribution in [3.63, 3.8) is 0 Å². The molecule has 1 aromatic heterocycles. The zero-order valence-electron chi connectivity index (χ0n) is 18.7. The largest absolute Gasteiger partial charge is 0.271 e. The summed E-state index contributed by atoms with van der Waals surface area (Å²) in [7, 11) is 0. The Labute approximate surface area is 200 Å². The predicted molar refractivity (Wildman–Crippen MR) is 129 cm³/mol. The van der Waals surface area contributed by atoms with Crippen LogP contribution in [0.4, 0.5) is 5.69 Å². The Morgan fingerprint density at radius 1 is 1.14 bits per heavy atom. The number of benzene rings is 2. The van der Waals surface area contributed by atoms with E-state index in [0.29, 0.717) is 16.8 Å². The number of carbonyl (C=O) groups is 2. The van der Waals surface area contributed by atoms with E-state index in [1.54, 1.807) is 36.0 Å². The third kappa shape index (κ3) is 4.28. The van der Waals surface area contributed by atoms with Gasteiger partial charge in [0.05, 0.1) is 10.6 Å². The van der Waals surface area contributed by atoms with Gasteiger partial charge in [0.2, 0.25) is 0 Å². The molecule has 0 aliphatic carbocycles. The summed E-state index contributed by atoms with van der Waals surface area (Å²) in [6.45, 7) is 5.08. The molecule has 35 heavy (non-hydrogen) atoms. The third-order valence-electron chi connectivity index (χ3n) is 5.53. The molecule has 0 unspecified atom stereocenters. The fourth-order valence-electron chi connectivity index (χ4n) is 3.78. The minimum absolute atomic E-state index is 0.0471. The number of nitro benzene ring substituents is 1. The van der Waals surface area contributed by atoms with E-state index < -0.39 is 16.7 Å². The number of hydrogen-bond donors (Lipinski definition) is 0. The Morgan fingerprint density at radius 2 is 1.89 bits per heavy atom. The van der Waals surface area contributed by atoms with Gasteiger partial charge in [-0.05, 0) is 30.7 Å². The molecular formula is C26H19N5O4. The second kappa shape index (κ2) is 9.41. The summed E-state index contributed by atoms with van der Waals surface area (Å²) in [5.41, 5.74) is 2.28. The molecule has 4 rings (SSSR count). The van der Waals surface area contributed by atoms with Gasteiger partial charge >= 0.3 is 0 Å². The second-order valence-corrected chi connectivity index (χ2v) is 7.70. The average Bonchev–Trinajstić information content (AvgIpc) is 3.29. The van der Waals surface area contributed by atoms with E-state index in [2.05, 4.69) is 11.7 Å². The van der Waals surface area contributed by atoms with E-state index in [4.69, 9.17) is 0 Å². The van der Waals surface area contributed by atoms with Crippen LogP contribution in [-0.2, 0) is 9.59 Å². The van der Waals surface area contributed by atoms with E-state index in [9.17, 15) is 25.0 Å². The summed E-state index contributed by atoms with van der Waals surface area (Å²) in [5, 5.41) is 25.5. The highest BCUT2D eigenvalue weighted by Gasteiger charge is 2.35. The highest BCUT2D eigenvalue weighted by atomic mass is 16.6. The first-order valence-electron chi connectivity index (χ1n) is 10.6. The zero-order chi connectivity index (χ0) is 25.1. The molecular weight excluding hydrogens is 446 g/mol. The SMILES string of the molecule is C=CCN1C(=O)C(C#N)=C(C)/C(=C\c2cn(-c3ccccc3)nc2-c2cccc([N+](=O)[O-])c2)C1=O. The number of carbonyl (C=O) groups excluding carboxylic acids is 2. The lowest BCUT2D eigenvalue weighted by atomic mass is 9.93. The van der Waals surface area contributed by atoms with Crippen molar-refractivity contribution in [2.24, 2.45) is 0 Å². The highest BCUT2D eigenvalue weighted by molar-refractivity contribution is 6.19. The van der Waals surface area contributed by atoms with Gasteiger partial charge in [0.15, 0.2) is 0 Å².